The molecular formula is C18H22F2O11S. The van der Waals surface area contributed by atoms with Crippen molar-refractivity contribution in [2.75, 3.05) is 28.4 Å². The lowest BCUT2D eigenvalue weighted by atomic mass is 10.2. The van der Waals surface area contributed by atoms with Crippen LogP contribution in [0.4, 0.5) is 8.78 Å². The summed E-state index contributed by atoms with van der Waals surface area (Å²) in [7, 11) is 0.210. The topological polar surface area (TPSA) is 177 Å². The Kier molecular flexibility index (Phi) is 14.9. The number of hydrogen-bond acceptors (Lipinski definition) is 8. The maximum Gasteiger partial charge on any atom is 0.394 e. The second kappa shape index (κ2) is 15.5. The van der Waals surface area contributed by atoms with Crippen LogP contribution in [0.2, 0.25) is 0 Å². The van der Waals surface area contributed by atoms with E-state index in [-0.39, 0.29) is 22.6 Å². The predicted octanol–water partition coefficient (Wildman–Crippen LogP) is 2.11. The maximum atomic E-state index is 12.9. The molecule has 0 fully saturated rings. The molecular weight excluding hydrogens is 462 g/mol. The average Bonchev–Trinajstić information content (AvgIpc) is 2.74. The summed E-state index contributed by atoms with van der Waals surface area (Å²) in [6.45, 7) is 0. The van der Waals surface area contributed by atoms with Crippen LogP contribution >= 0.6 is 0 Å². The molecule has 0 saturated heterocycles. The Balaban J connectivity index is 0. The predicted molar refractivity (Wildman–Crippen MR) is 107 cm³/mol. The zero-order valence-electron chi connectivity index (χ0n) is 17.3. The molecule has 0 saturated carbocycles. The van der Waals surface area contributed by atoms with Gasteiger partial charge in [-0.2, -0.15) is 8.42 Å². The van der Waals surface area contributed by atoms with Crippen LogP contribution in [-0.4, -0.2) is 68.1 Å². The van der Waals surface area contributed by atoms with Crippen LogP contribution < -0.4 is 9.47 Å². The highest BCUT2D eigenvalue weighted by Crippen LogP contribution is 2.19. The Morgan fingerprint density at radius 3 is 1.47 bits per heavy atom. The number of halogens is 2. The van der Waals surface area contributed by atoms with Crippen molar-refractivity contribution in [3.8, 4) is 11.5 Å². The van der Waals surface area contributed by atoms with Crippen LogP contribution in [0.15, 0.2) is 36.4 Å². The highest BCUT2D eigenvalue weighted by atomic mass is 32.3. The van der Waals surface area contributed by atoms with Crippen molar-refractivity contribution < 1.29 is 60.3 Å². The number of hydrogen-bond donors (Lipinski definition) is 4. The molecule has 32 heavy (non-hydrogen) atoms. The number of aliphatic hydroxyl groups excluding tert-OH is 1. The number of carboxylic acid groups (broad SMARTS) is 1. The number of rotatable bonds is 4. The number of esters is 1. The van der Waals surface area contributed by atoms with E-state index in [1.165, 1.54) is 39.5 Å². The summed E-state index contributed by atoms with van der Waals surface area (Å²) >= 11 is 0. The number of aromatic carboxylic acids is 1. The summed E-state index contributed by atoms with van der Waals surface area (Å²) < 4.78 is 70.9. The van der Waals surface area contributed by atoms with Gasteiger partial charge in [0.05, 0.1) is 32.5 Å². The van der Waals surface area contributed by atoms with E-state index in [0.29, 0.717) is 0 Å². The molecule has 0 aliphatic rings. The Bertz CT molecular complexity index is 971. The van der Waals surface area contributed by atoms with Crippen molar-refractivity contribution in [1.29, 1.82) is 0 Å². The summed E-state index contributed by atoms with van der Waals surface area (Å²) in [5.41, 5.74) is 0.272. The minimum atomic E-state index is -4.67. The third-order valence-electron chi connectivity index (χ3n) is 2.97. The lowest BCUT2D eigenvalue weighted by Gasteiger charge is -2.03. The molecule has 4 N–H and O–H groups in total. The average molecular weight is 484 g/mol. The lowest BCUT2D eigenvalue weighted by Crippen LogP contribution is -2.02. The first-order valence-electron chi connectivity index (χ1n) is 7.97. The molecule has 0 unspecified atom stereocenters. The minimum Gasteiger partial charge on any atom is -0.494 e. The summed E-state index contributed by atoms with van der Waals surface area (Å²) in [6.07, 6.45) is 0. The van der Waals surface area contributed by atoms with Gasteiger partial charge < -0.3 is 24.4 Å². The molecule has 0 aliphatic heterocycles. The molecule has 0 heterocycles. The number of benzene rings is 2. The van der Waals surface area contributed by atoms with Crippen molar-refractivity contribution >= 4 is 22.3 Å². The standard InChI is InChI=1S/C9H9FO3.C8H7FO3.CH4O.H2O4S/c1-12-8-5-6(9(11)13-2)3-4-7(8)10;1-12-7-4-5(8(10)11)2-3-6(7)9;1-2;1-5(2,3)4/h3-5H,1-2H3;2-4H,1H3,(H,10,11);2H,1H3;(H2,1,2,3,4). The van der Waals surface area contributed by atoms with Crippen LogP contribution in [0.1, 0.15) is 20.7 Å². The fourth-order valence-electron chi connectivity index (χ4n) is 1.70. The van der Waals surface area contributed by atoms with E-state index in [9.17, 15) is 18.4 Å². The van der Waals surface area contributed by atoms with Gasteiger partial charge in [0.1, 0.15) is 0 Å². The van der Waals surface area contributed by atoms with Crippen LogP contribution in [0.25, 0.3) is 0 Å². The van der Waals surface area contributed by atoms with E-state index in [1.807, 2.05) is 0 Å². The van der Waals surface area contributed by atoms with Gasteiger partial charge in [-0.05, 0) is 36.4 Å². The van der Waals surface area contributed by atoms with Gasteiger partial charge in [-0.1, -0.05) is 0 Å². The van der Waals surface area contributed by atoms with Crippen molar-refractivity contribution in [2.45, 2.75) is 0 Å². The van der Waals surface area contributed by atoms with Gasteiger partial charge in [0.15, 0.2) is 23.1 Å². The van der Waals surface area contributed by atoms with E-state index in [2.05, 4.69) is 9.47 Å². The number of carbonyl (C=O) groups excluding carboxylic acids is 1. The fourth-order valence-corrected chi connectivity index (χ4v) is 1.70. The second-order valence-corrected chi connectivity index (χ2v) is 5.84. The normalized spacial score (nSPS) is 9.41. The van der Waals surface area contributed by atoms with E-state index >= 15 is 0 Å². The van der Waals surface area contributed by atoms with E-state index < -0.39 is 34.0 Å². The summed E-state index contributed by atoms with van der Waals surface area (Å²) in [5.74, 6) is -2.72. The van der Waals surface area contributed by atoms with Gasteiger partial charge in [-0.3, -0.25) is 9.11 Å². The van der Waals surface area contributed by atoms with Crippen LogP contribution in [0.3, 0.4) is 0 Å². The monoisotopic (exact) mass is 484 g/mol. The molecule has 0 aliphatic carbocycles. The van der Waals surface area contributed by atoms with Gasteiger partial charge in [0.2, 0.25) is 0 Å². The van der Waals surface area contributed by atoms with Crippen molar-refractivity contribution in [3.05, 3.63) is 59.2 Å². The van der Waals surface area contributed by atoms with Crippen molar-refractivity contribution in [3.63, 3.8) is 0 Å². The smallest absolute Gasteiger partial charge is 0.394 e. The van der Waals surface area contributed by atoms with Crippen molar-refractivity contribution in [1.82, 2.24) is 0 Å². The fraction of sp³-hybridized carbons (Fsp3) is 0.222. The zero-order chi connectivity index (χ0) is 25.5. The minimum absolute atomic E-state index is 0.00764. The summed E-state index contributed by atoms with van der Waals surface area (Å²) in [5, 5.41) is 15.5. The first kappa shape index (κ1) is 30.9. The third kappa shape index (κ3) is 13.1. The van der Waals surface area contributed by atoms with Crippen molar-refractivity contribution in [2.24, 2.45) is 0 Å². The molecule has 0 atom stereocenters. The number of carbonyl (C=O) groups is 2. The van der Waals surface area contributed by atoms with Gasteiger partial charge >= 0.3 is 22.3 Å². The number of carboxylic acids is 1. The van der Waals surface area contributed by atoms with Crippen LogP contribution in [0.5, 0.6) is 11.5 Å². The highest BCUT2D eigenvalue weighted by molar-refractivity contribution is 7.79. The number of methoxy groups -OCH3 is 3. The first-order chi connectivity index (χ1) is 14.8. The SMILES string of the molecule is CO.COC(=O)c1ccc(F)c(OC)c1.COc1cc(C(=O)O)ccc1F.O=S(=O)(O)O. The van der Waals surface area contributed by atoms with E-state index in [1.54, 1.807) is 0 Å². The molecule has 180 valence electrons. The van der Waals surface area contributed by atoms with E-state index in [0.717, 1.165) is 25.3 Å². The third-order valence-corrected chi connectivity index (χ3v) is 2.97. The molecule has 11 nitrogen and oxygen atoms in total. The molecule has 14 heteroatoms. The van der Waals surface area contributed by atoms with Crippen LogP contribution in [0, 0.1) is 11.6 Å². The summed E-state index contributed by atoms with van der Waals surface area (Å²) in [4.78, 5) is 21.4. The molecule has 0 amide bonds. The molecule has 2 aromatic carbocycles. The molecule has 2 aromatic rings. The molecule has 0 bridgehead atoms. The number of ether oxygens (including phenoxy) is 3. The largest absolute Gasteiger partial charge is 0.494 e. The maximum absolute atomic E-state index is 12.9. The molecule has 0 aromatic heterocycles. The van der Waals surface area contributed by atoms with Gasteiger partial charge in [-0.25, -0.2) is 18.4 Å². The molecule has 2 rings (SSSR count). The molecule has 0 spiro atoms. The Morgan fingerprint density at radius 2 is 1.16 bits per heavy atom. The Labute approximate surface area is 182 Å². The number of aliphatic hydroxyl groups is 1. The highest BCUT2D eigenvalue weighted by Gasteiger charge is 2.09. The van der Waals surface area contributed by atoms with Gasteiger partial charge in [0.25, 0.3) is 0 Å². The van der Waals surface area contributed by atoms with Gasteiger partial charge in [-0.15, -0.1) is 0 Å². The van der Waals surface area contributed by atoms with Gasteiger partial charge in [0, 0.05) is 7.11 Å². The lowest BCUT2D eigenvalue weighted by molar-refractivity contribution is 0.0599. The Hall–Kier alpha value is -3.33. The first-order valence-corrected chi connectivity index (χ1v) is 9.37. The van der Waals surface area contributed by atoms with Crippen LogP contribution in [-0.2, 0) is 15.1 Å². The zero-order valence-corrected chi connectivity index (χ0v) is 18.1. The Morgan fingerprint density at radius 1 is 0.812 bits per heavy atom. The summed E-state index contributed by atoms with van der Waals surface area (Å²) in [6, 6.07) is 7.16. The molecule has 0 radical (unpaired) electrons. The quantitative estimate of drug-likeness (QED) is 0.369. The second-order valence-electron chi connectivity index (χ2n) is 4.94. The van der Waals surface area contributed by atoms with E-state index in [4.69, 9.17) is 32.5 Å².